The minimum atomic E-state index is -4.74. The molecule has 1 aromatic heterocycles. The monoisotopic (exact) mass is 633 g/mol. The van der Waals surface area contributed by atoms with Crippen LogP contribution < -0.4 is 10.2 Å². The molecule has 2 aliphatic heterocycles. The summed E-state index contributed by atoms with van der Waals surface area (Å²) in [5.74, 6) is 0. The number of amides is 2. The summed E-state index contributed by atoms with van der Waals surface area (Å²) in [6, 6.07) is 12.2. The fourth-order valence-corrected chi connectivity index (χ4v) is 6.09. The smallest absolute Gasteiger partial charge is 0.334 e. The molecule has 3 heterocycles. The number of aromatic nitrogens is 1. The third kappa shape index (κ3) is 6.37. The second-order valence-corrected chi connectivity index (χ2v) is 11.6. The molecule has 1 fully saturated rings. The number of hydrogen-bond donors (Lipinski definition) is 1. The molecule has 0 atom stereocenters. The number of rotatable bonds is 5. The number of fused-ring (bicyclic) bond motifs is 2. The summed E-state index contributed by atoms with van der Waals surface area (Å²) < 4.78 is 41.7. The van der Waals surface area contributed by atoms with Gasteiger partial charge in [-0.2, -0.15) is 18.4 Å². The van der Waals surface area contributed by atoms with Gasteiger partial charge in [-0.05, 0) is 79.0 Å². The van der Waals surface area contributed by atoms with E-state index in [0.29, 0.717) is 53.6 Å². The quantitative estimate of drug-likeness (QED) is 0.292. The number of nitrogens with one attached hydrogen (secondary N) is 1. The summed E-state index contributed by atoms with van der Waals surface area (Å²) in [7, 11) is 0. The first-order valence-electron chi connectivity index (χ1n) is 13.1. The van der Waals surface area contributed by atoms with Gasteiger partial charge in [0.05, 0.1) is 27.2 Å². The van der Waals surface area contributed by atoms with Gasteiger partial charge in [0.15, 0.2) is 0 Å². The Morgan fingerprint density at radius 2 is 1.86 bits per heavy atom. The van der Waals surface area contributed by atoms with Crippen LogP contribution in [0.25, 0.3) is 6.08 Å². The Bertz CT molecular complexity index is 1580. The van der Waals surface area contributed by atoms with Crippen LogP contribution in [0.1, 0.15) is 40.7 Å². The van der Waals surface area contributed by atoms with Gasteiger partial charge in [0.1, 0.15) is 5.15 Å². The number of nitriles is 1. The number of benzene rings is 2. The molecule has 3 aromatic rings. The summed E-state index contributed by atoms with van der Waals surface area (Å²) in [6.45, 7) is 2.34. The zero-order valence-electron chi connectivity index (χ0n) is 22.2. The third-order valence-electron chi connectivity index (χ3n) is 7.80. The highest BCUT2D eigenvalue weighted by atomic mass is 35.5. The number of carbonyl (C=O) groups excluding carboxylic acids is 1. The zero-order valence-corrected chi connectivity index (χ0v) is 24.5. The average Bonchev–Trinajstić information content (AvgIpc) is 3.26. The van der Waals surface area contributed by atoms with Gasteiger partial charge < -0.3 is 5.32 Å². The van der Waals surface area contributed by atoms with E-state index in [1.165, 1.54) is 17.2 Å². The lowest BCUT2D eigenvalue weighted by molar-refractivity contribution is -0.137. The van der Waals surface area contributed by atoms with Gasteiger partial charge in [-0.3, -0.25) is 9.80 Å². The number of urea groups is 1. The number of carbonyl (C=O) groups is 1. The van der Waals surface area contributed by atoms with Crippen LogP contribution in [-0.4, -0.2) is 42.1 Å². The van der Waals surface area contributed by atoms with Gasteiger partial charge in [0.25, 0.3) is 0 Å². The second kappa shape index (κ2) is 12.1. The molecule has 1 saturated heterocycles. The van der Waals surface area contributed by atoms with E-state index in [2.05, 4.69) is 15.2 Å². The molecular formula is C30H25Cl3F3N5O. The first-order chi connectivity index (χ1) is 20.0. The van der Waals surface area contributed by atoms with Crippen LogP contribution in [0.5, 0.6) is 0 Å². The minimum absolute atomic E-state index is 0.126. The fraction of sp³-hybridized carbons (Fsp3) is 0.300. The number of nitrogens with zero attached hydrogens (tertiary/aromatic N) is 4. The van der Waals surface area contributed by atoms with Gasteiger partial charge in [-0.1, -0.05) is 53.0 Å². The molecule has 2 aliphatic rings. The largest absolute Gasteiger partial charge is 0.417 e. The van der Waals surface area contributed by atoms with Crippen molar-refractivity contribution in [2.24, 2.45) is 0 Å². The lowest BCUT2D eigenvalue weighted by Crippen LogP contribution is -2.47. The summed E-state index contributed by atoms with van der Waals surface area (Å²) in [5, 5.41) is 13.6. The molecule has 218 valence electrons. The minimum Gasteiger partial charge on any atom is -0.334 e. The number of anilines is 1. The molecule has 1 spiro atoms. The summed E-state index contributed by atoms with van der Waals surface area (Å²) >= 11 is 18.0. The van der Waals surface area contributed by atoms with Crippen molar-refractivity contribution in [1.82, 2.24) is 15.2 Å². The van der Waals surface area contributed by atoms with Crippen molar-refractivity contribution in [2.75, 3.05) is 31.1 Å². The molecule has 12 heteroatoms. The van der Waals surface area contributed by atoms with Crippen molar-refractivity contribution in [2.45, 2.75) is 31.0 Å². The van der Waals surface area contributed by atoms with E-state index in [1.54, 1.807) is 30.3 Å². The molecule has 6 nitrogen and oxygen atoms in total. The lowest BCUT2D eigenvalue weighted by Gasteiger charge is -2.39. The van der Waals surface area contributed by atoms with Crippen LogP contribution in [0.4, 0.5) is 23.7 Å². The van der Waals surface area contributed by atoms with Crippen molar-refractivity contribution < 1.29 is 18.0 Å². The highest BCUT2D eigenvalue weighted by Crippen LogP contribution is 2.49. The molecule has 2 aromatic carbocycles. The predicted molar refractivity (Wildman–Crippen MR) is 158 cm³/mol. The molecule has 2 amide bonds. The van der Waals surface area contributed by atoms with Gasteiger partial charge in [0, 0.05) is 36.9 Å². The molecule has 0 unspecified atom stereocenters. The normalized spacial score (nSPS) is 16.5. The van der Waals surface area contributed by atoms with E-state index in [9.17, 15) is 23.2 Å². The predicted octanol–water partition coefficient (Wildman–Crippen LogP) is 7.71. The van der Waals surface area contributed by atoms with Gasteiger partial charge >= 0.3 is 12.2 Å². The Kier molecular flexibility index (Phi) is 8.72. The summed E-state index contributed by atoms with van der Waals surface area (Å²) in [6.07, 6.45) is 1.97. The molecule has 0 saturated carbocycles. The zero-order chi connectivity index (χ0) is 30.1. The van der Waals surface area contributed by atoms with E-state index in [4.69, 9.17) is 34.8 Å². The van der Waals surface area contributed by atoms with Crippen LogP contribution in [-0.2, 0) is 18.1 Å². The summed E-state index contributed by atoms with van der Waals surface area (Å²) in [4.78, 5) is 20.9. The summed E-state index contributed by atoms with van der Waals surface area (Å²) in [5.41, 5.74) is 0.329. The first-order valence-corrected chi connectivity index (χ1v) is 14.3. The van der Waals surface area contributed by atoms with E-state index in [-0.39, 0.29) is 23.9 Å². The molecule has 0 radical (unpaired) electrons. The van der Waals surface area contributed by atoms with Crippen molar-refractivity contribution in [3.63, 3.8) is 0 Å². The first kappa shape index (κ1) is 30.2. The number of alkyl halides is 3. The van der Waals surface area contributed by atoms with Crippen LogP contribution in [0.15, 0.2) is 54.7 Å². The second-order valence-electron chi connectivity index (χ2n) is 10.4. The number of halogens is 6. The van der Waals surface area contributed by atoms with Crippen molar-refractivity contribution >= 4 is 52.6 Å². The van der Waals surface area contributed by atoms with Gasteiger partial charge in [0.2, 0.25) is 0 Å². The molecule has 42 heavy (non-hydrogen) atoms. The van der Waals surface area contributed by atoms with Crippen molar-refractivity contribution in [3.8, 4) is 6.07 Å². The fourth-order valence-electron chi connectivity index (χ4n) is 5.59. The van der Waals surface area contributed by atoms with Crippen LogP contribution in [0, 0.1) is 11.3 Å². The lowest BCUT2D eigenvalue weighted by atomic mass is 9.73. The standard InChI is InChI=1S/C30H25Cl3F3N5O/c31-24-4-3-19(12-25(24)32)2-1-9-40-10-6-29(7-11-40)18-41(28(42)39-17-20-5-8-38-27(33)13-20)26-15-22(30(34,35)36)21(16-37)14-23(26)29/h1-5,8,12-15H,6-7,9-11,17-18H2,(H,39,42)/b2-1+. The van der Waals surface area contributed by atoms with Gasteiger partial charge in [-0.15, -0.1) is 0 Å². The third-order valence-corrected chi connectivity index (χ3v) is 8.74. The SMILES string of the molecule is N#Cc1cc2c(cc1C(F)(F)F)N(C(=O)NCc1ccnc(Cl)c1)CC21CCN(C/C=C/c2ccc(Cl)c(Cl)c2)CC1. The maximum atomic E-state index is 13.9. The van der Waals surface area contributed by atoms with Crippen molar-refractivity contribution in [1.29, 1.82) is 5.26 Å². The van der Waals surface area contributed by atoms with E-state index in [0.717, 1.165) is 11.6 Å². The number of likely N-dealkylation sites (tertiary alicyclic amines) is 1. The maximum absolute atomic E-state index is 13.9. The Morgan fingerprint density at radius 3 is 2.52 bits per heavy atom. The van der Waals surface area contributed by atoms with Crippen molar-refractivity contribution in [3.05, 3.63) is 97.8 Å². The Labute approximate surface area is 256 Å². The topological polar surface area (TPSA) is 72.3 Å². The number of hydrogen-bond acceptors (Lipinski definition) is 4. The molecule has 0 aliphatic carbocycles. The van der Waals surface area contributed by atoms with E-state index in [1.807, 2.05) is 18.2 Å². The van der Waals surface area contributed by atoms with E-state index >= 15 is 0 Å². The van der Waals surface area contributed by atoms with Crippen LogP contribution in [0.3, 0.4) is 0 Å². The Hall–Kier alpha value is -3.29. The highest BCUT2D eigenvalue weighted by Gasteiger charge is 2.48. The number of piperidine rings is 1. The molecule has 5 rings (SSSR count). The van der Waals surface area contributed by atoms with Crippen LogP contribution >= 0.6 is 34.8 Å². The molecule has 0 bridgehead atoms. The Morgan fingerprint density at radius 1 is 1.10 bits per heavy atom. The number of pyridine rings is 1. The Balaban J connectivity index is 1.36. The van der Waals surface area contributed by atoms with Crippen LogP contribution in [0.2, 0.25) is 15.2 Å². The molecular weight excluding hydrogens is 610 g/mol. The average molecular weight is 635 g/mol. The van der Waals surface area contributed by atoms with E-state index < -0.39 is 28.7 Å². The maximum Gasteiger partial charge on any atom is 0.417 e. The van der Waals surface area contributed by atoms with Gasteiger partial charge in [-0.25, -0.2) is 9.78 Å². The molecule has 1 N–H and O–H groups in total. The highest BCUT2D eigenvalue weighted by molar-refractivity contribution is 6.42.